The van der Waals surface area contributed by atoms with Crippen molar-refractivity contribution in [3.8, 4) is 0 Å². The number of hydrogen-bond donors (Lipinski definition) is 1. The number of carbonyl (C=O) groups excluding carboxylic acids is 2. The maximum Gasteiger partial charge on any atom is 0.244 e. The average molecular weight is 564 g/mol. The summed E-state index contributed by atoms with van der Waals surface area (Å²) >= 11 is 0. The van der Waals surface area contributed by atoms with Crippen molar-refractivity contribution < 1.29 is 18.0 Å². The van der Waals surface area contributed by atoms with E-state index in [4.69, 9.17) is 0 Å². The molecule has 0 unspecified atom stereocenters. The molecule has 3 aromatic carbocycles. The average Bonchev–Trinajstić information content (AvgIpc) is 2.89. The Bertz CT molecular complexity index is 1380. The Morgan fingerprint density at radius 3 is 1.98 bits per heavy atom. The summed E-state index contributed by atoms with van der Waals surface area (Å²) in [7, 11) is -3.81. The highest BCUT2D eigenvalue weighted by atomic mass is 32.2. The van der Waals surface area contributed by atoms with Crippen LogP contribution in [0.1, 0.15) is 41.7 Å². The van der Waals surface area contributed by atoms with Crippen molar-refractivity contribution in [1.82, 2.24) is 10.2 Å². The van der Waals surface area contributed by atoms with E-state index in [0.29, 0.717) is 18.7 Å². The zero-order valence-electron chi connectivity index (χ0n) is 24.3. The van der Waals surface area contributed by atoms with Crippen molar-refractivity contribution >= 4 is 27.5 Å². The Morgan fingerprint density at radius 1 is 0.825 bits per heavy atom. The molecule has 214 valence electrons. The molecule has 0 radical (unpaired) electrons. The number of nitrogens with one attached hydrogen (secondary N) is 1. The van der Waals surface area contributed by atoms with Crippen LogP contribution in [-0.4, -0.2) is 50.5 Å². The molecule has 0 spiro atoms. The lowest BCUT2D eigenvalue weighted by molar-refractivity contribution is -0.140. The van der Waals surface area contributed by atoms with Crippen LogP contribution in [0.4, 0.5) is 5.69 Å². The lowest BCUT2D eigenvalue weighted by atomic mass is 10.0. The van der Waals surface area contributed by atoms with Gasteiger partial charge in [-0.1, -0.05) is 92.2 Å². The number of nitrogens with zero attached hydrogens (tertiary/aromatic N) is 2. The number of carbonyl (C=O) groups is 2. The zero-order chi connectivity index (χ0) is 29.4. The van der Waals surface area contributed by atoms with Crippen molar-refractivity contribution in [2.24, 2.45) is 5.92 Å². The topological polar surface area (TPSA) is 86.8 Å². The zero-order valence-corrected chi connectivity index (χ0v) is 25.2. The van der Waals surface area contributed by atoms with Crippen molar-refractivity contribution in [1.29, 1.82) is 0 Å². The fourth-order valence-electron chi connectivity index (χ4n) is 4.64. The summed E-state index contributed by atoms with van der Waals surface area (Å²) in [6.07, 6.45) is 1.40. The molecule has 1 N–H and O–H groups in total. The highest BCUT2D eigenvalue weighted by Crippen LogP contribution is 2.27. The number of amides is 2. The van der Waals surface area contributed by atoms with Gasteiger partial charge in [0.25, 0.3) is 0 Å². The first-order valence-corrected chi connectivity index (χ1v) is 15.4. The van der Waals surface area contributed by atoms with Gasteiger partial charge in [0.15, 0.2) is 0 Å². The summed E-state index contributed by atoms with van der Waals surface area (Å²) in [5, 5.41) is 3.00. The van der Waals surface area contributed by atoms with Gasteiger partial charge in [-0.3, -0.25) is 13.9 Å². The van der Waals surface area contributed by atoms with Crippen LogP contribution in [0.25, 0.3) is 0 Å². The van der Waals surface area contributed by atoms with E-state index in [1.54, 1.807) is 0 Å². The Hall–Kier alpha value is -3.65. The maximum atomic E-state index is 14.2. The van der Waals surface area contributed by atoms with Gasteiger partial charge in [-0.2, -0.15) is 0 Å². The van der Waals surface area contributed by atoms with Crippen molar-refractivity contribution in [2.75, 3.05) is 23.7 Å². The molecule has 0 heterocycles. The molecule has 40 heavy (non-hydrogen) atoms. The highest BCUT2D eigenvalue weighted by molar-refractivity contribution is 7.92. The number of rotatable bonds is 12. The molecular formula is C32H41N3O4S. The van der Waals surface area contributed by atoms with E-state index in [1.165, 1.54) is 4.90 Å². The van der Waals surface area contributed by atoms with Gasteiger partial charge in [0.1, 0.15) is 12.6 Å². The van der Waals surface area contributed by atoms with Crippen LogP contribution in [0.15, 0.2) is 72.8 Å². The highest BCUT2D eigenvalue weighted by Gasteiger charge is 2.33. The molecule has 7 nitrogen and oxygen atoms in total. The quantitative estimate of drug-likeness (QED) is 0.343. The predicted molar refractivity (Wildman–Crippen MR) is 162 cm³/mol. The van der Waals surface area contributed by atoms with Gasteiger partial charge in [0, 0.05) is 19.5 Å². The molecule has 0 bridgehead atoms. The molecule has 0 aliphatic carbocycles. The molecule has 8 heteroatoms. The molecule has 0 saturated heterocycles. The van der Waals surface area contributed by atoms with E-state index < -0.39 is 28.5 Å². The first-order chi connectivity index (χ1) is 18.9. The normalized spacial score (nSPS) is 12.2. The van der Waals surface area contributed by atoms with E-state index in [2.05, 4.69) is 5.32 Å². The molecule has 0 aromatic heterocycles. The summed E-state index contributed by atoms with van der Waals surface area (Å²) in [5.41, 5.74) is 4.82. The summed E-state index contributed by atoms with van der Waals surface area (Å²) in [6, 6.07) is 22.0. The van der Waals surface area contributed by atoms with Crippen LogP contribution in [-0.2, 0) is 32.6 Å². The van der Waals surface area contributed by atoms with Crippen LogP contribution in [0, 0.1) is 26.7 Å². The van der Waals surface area contributed by atoms with E-state index in [1.807, 2.05) is 107 Å². The largest absolute Gasteiger partial charge is 0.354 e. The minimum atomic E-state index is -3.81. The third-order valence-corrected chi connectivity index (χ3v) is 7.91. The molecule has 1 atom stereocenters. The van der Waals surface area contributed by atoms with E-state index in [0.717, 1.165) is 38.4 Å². The van der Waals surface area contributed by atoms with E-state index in [9.17, 15) is 18.0 Å². The lowest BCUT2D eigenvalue weighted by Gasteiger charge is -2.34. The van der Waals surface area contributed by atoms with Crippen LogP contribution in [0.5, 0.6) is 0 Å². The molecule has 0 saturated carbocycles. The van der Waals surface area contributed by atoms with Gasteiger partial charge in [-0.05, 0) is 48.9 Å². The number of aryl methyl sites for hydroxylation is 3. The molecule has 2 amide bonds. The summed E-state index contributed by atoms with van der Waals surface area (Å²) < 4.78 is 27.2. The number of sulfonamides is 1. The standard InChI is InChI=1S/C32H41N3O4S/c1-23(2)20-33-32(37)29(19-27-13-8-7-9-14-27)34(21-28-17-15-24(3)16-18-28)30(36)22-35(40(6,38)39)31-25(4)11-10-12-26(31)5/h7-18,23,29H,19-22H2,1-6H3,(H,33,37)/t29-/m0/s1. The second-order valence-corrected chi connectivity index (χ2v) is 12.8. The Balaban J connectivity index is 2.07. The van der Waals surface area contributed by atoms with Crippen molar-refractivity contribution in [3.05, 3.63) is 101 Å². The first-order valence-electron chi connectivity index (χ1n) is 13.6. The van der Waals surface area contributed by atoms with Gasteiger partial charge in [0.05, 0.1) is 11.9 Å². The number of hydrogen-bond acceptors (Lipinski definition) is 4. The van der Waals surface area contributed by atoms with Crippen LogP contribution >= 0.6 is 0 Å². The molecular weight excluding hydrogens is 522 g/mol. The fourth-order valence-corrected chi connectivity index (χ4v) is 5.61. The molecule has 0 aliphatic rings. The number of anilines is 1. The van der Waals surface area contributed by atoms with Gasteiger partial charge in [0.2, 0.25) is 21.8 Å². The van der Waals surface area contributed by atoms with Gasteiger partial charge in [-0.15, -0.1) is 0 Å². The predicted octanol–water partition coefficient (Wildman–Crippen LogP) is 4.79. The van der Waals surface area contributed by atoms with Gasteiger partial charge in [-0.25, -0.2) is 8.42 Å². The summed E-state index contributed by atoms with van der Waals surface area (Å²) in [4.78, 5) is 29.4. The Kier molecular flexibility index (Phi) is 10.5. The number of para-hydroxylation sites is 1. The monoisotopic (exact) mass is 563 g/mol. The maximum absolute atomic E-state index is 14.2. The SMILES string of the molecule is Cc1ccc(CN(C(=O)CN(c2c(C)cccc2C)S(C)(=O)=O)[C@@H](Cc2ccccc2)C(=O)NCC(C)C)cc1. The van der Waals surface area contributed by atoms with Crippen molar-refractivity contribution in [3.63, 3.8) is 0 Å². The summed E-state index contributed by atoms with van der Waals surface area (Å²) in [6.45, 7) is 9.87. The Morgan fingerprint density at radius 2 is 1.43 bits per heavy atom. The Labute approximate surface area is 239 Å². The number of benzene rings is 3. The fraction of sp³-hybridized carbons (Fsp3) is 0.375. The van der Waals surface area contributed by atoms with Crippen molar-refractivity contribution in [2.45, 2.75) is 53.6 Å². The minimum absolute atomic E-state index is 0.163. The smallest absolute Gasteiger partial charge is 0.244 e. The minimum Gasteiger partial charge on any atom is -0.354 e. The second-order valence-electron chi connectivity index (χ2n) is 10.9. The summed E-state index contributed by atoms with van der Waals surface area (Å²) in [5.74, 6) is -0.488. The van der Waals surface area contributed by atoms with Crippen LogP contribution < -0.4 is 9.62 Å². The molecule has 0 aliphatic heterocycles. The van der Waals surface area contributed by atoms with E-state index in [-0.39, 0.29) is 18.4 Å². The molecule has 0 fully saturated rings. The first kappa shape index (κ1) is 30.9. The van der Waals surface area contributed by atoms with Gasteiger partial charge < -0.3 is 10.2 Å². The lowest BCUT2D eigenvalue weighted by Crippen LogP contribution is -2.53. The van der Waals surface area contributed by atoms with Gasteiger partial charge >= 0.3 is 0 Å². The van der Waals surface area contributed by atoms with Crippen LogP contribution in [0.2, 0.25) is 0 Å². The molecule has 3 rings (SSSR count). The third kappa shape index (κ3) is 8.42. The third-order valence-electron chi connectivity index (χ3n) is 6.80. The van der Waals surface area contributed by atoms with Crippen LogP contribution in [0.3, 0.4) is 0 Å². The second kappa shape index (κ2) is 13.6. The van der Waals surface area contributed by atoms with E-state index >= 15 is 0 Å². The molecule has 3 aromatic rings.